The second kappa shape index (κ2) is 11.4. The third-order valence-electron chi connectivity index (χ3n) is 9.49. The molecule has 0 unspecified atom stereocenters. The third-order valence-corrected chi connectivity index (χ3v) is 9.49. The molecule has 0 saturated carbocycles. The van der Waals surface area contributed by atoms with Crippen LogP contribution in [0.15, 0.2) is 174 Å². The van der Waals surface area contributed by atoms with Crippen LogP contribution >= 0.6 is 0 Å². The van der Waals surface area contributed by atoms with E-state index < -0.39 is 0 Å². The Morgan fingerprint density at radius 1 is 0.360 bits per heavy atom. The standard InChI is InChI=1S/C45H28N4O/c1-2-15-29(16-3-1)43-46-44(48-45(47-43)36-23-14-28-41-42(36)35-22-9-13-27-40(35)50-41)34-21-5-4-17-30(34)31-18-6-10-24-37(31)49-38-25-11-7-19-32(38)33-20-8-12-26-39(33)49/h1-28H. The zero-order valence-corrected chi connectivity index (χ0v) is 26.9. The number of nitrogens with zero attached hydrogens (tertiary/aromatic N) is 4. The molecule has 10 aromatic rings. The molecular formula is C45H28N4O. The summed E-state index contributed by atoms with van der Waals surface area (Å²) in [6.45, 7) is 0. The Balaban J connectivity index is 1.23. The van der Waals surface area contributed by atoms with Crippen molar-refractivity contribution in [2.45, 2.75) is 0 Å². The van der Waals surface area contributed by atoms with Gasteiger partial charge in [0.25, 0.3) is 0 Å². The van der Waals surface area contributed by atoms with E-state index in [1.54, 1.807) is 0 Å². The SMILES string of the molecule is c1ccc(-c2nc(-c3ccccc3-c3ccccc3-n3c4ccccc4c4ccccc43)nc(-c3cccc4oc5ccccc5c34)n2)cc1. The summed E-state index contributed by atoms with van der Waals surface area (Å²) in [6.07, 6.45) is 0. The molecule has 5 nitrogen and oxygen atoms in total. The first-order chi connectivity index (χ1) is 24.8. The molecule has 50 heavy (non-hydrogen) atoms. The van der Waals surface area contributed by atoms with Crippen molar-refractivity contribution in [1.82, 2.24) is 19.5 Å². The van der Waals surface area contributed by atoms with E-state index in [-0.39, 0.29) is 0 Å². The molecule has 0 aliphatic heterocycles. The van der Waals surface area contributed by atoms with Crippen LogP contribution in [0.2, 0.25) is 0 Å². The van der Waals surface area contributed by atoms with E-state index in [9.17, 15) is 0 Å². The maximum absolute atomic E-state index is 6.26. The Labute approximate surface area is 287 Å². The second-order valence-corrected chi connectivity index (χ2v) is 12.4. The fourth-order valence-corrected chi connectivity index (χ4v) is 7.29. The van der Waals surface area contributed by atoms with Gasteiger partial charge < -0.3 is 8.98 Å². The van der Waals surface area contributed by atoms with E-state index in [0.717, 1.165) is 66.5 Å². The Kier molecular flexibility index (Phi) is 6.42. The molecule has 0 amide bonds. The van der Waals surface area contributed by atoms with Gasteiger partial charge >= 0.3 is 0 Å². The van der Waals surface area contributed by atoms with Gasteiger partial charge in [-0.1, -0.05) is 140 Å². The van der Waals surface area contributed by atoms with Gasteiger partial charge in [-0.25, -0.2) is 15.0 Å². The monoisotopic (exact) mass is 640 g/mol. The number of para-hydroxylation sites is 4. The normalized spacial score (nSPS) is 11.6. The minimum Gasteiger partial charge on any atom is -0.456 e. The van der Waals surface area contributed by atoms with Crippen molar-refractivity contribution < 1.29 is 4.42 Å². The maximum atomic E-state index is 6.26. The summed E-state index contributed by atoms with van der Waals surface area (Å²) >= 11 is 0. The molecule has 3 heterocycles. The summed E-state index contributed by atoms with van der Waals surface area (Å²) < 4.78 is 8.63. The Morgan fingerprint density at radius 3 is 1.64 bits per heavy atom. The zero-order valence-electron chi connectivity index (χ0n) is 26.9. The van der Waals surface area contributed by atoms with Crippen molar-refractivity contribution >= 4 is 43.7 Å². The van der Waals surface area contributed by atoms with E-state index in [1.165, 1.54) is 10.8 Å². The van der Waals surface area contributed by atoms with E-state index >= 15 is 0 Å². The van der Waals surface area contributed by atoms with E-state index in [0.29, 0.717) is 17.5 Å². The van der Waals surface area contributed by atoms with Crippen LogP contribution in [0.1, 0.15) is 0 Å². The third kappa shape index (κ3) is 4.45. The molecule has 0 atom stereocenters. The van der Waals surface area contributed by atoms with Crippen LogP contribution in [0.5, 0.6) is 0 Å². The van der Waals surface area contributed by atoms with Crippen molar-refractivity contribution in [2.24, 2.45) is 0 Å². The lowest BCUT2D eigenvalue weighted by molar-refractivity contribution is 0.669. The Hall–Kier alpha value is -6.85. The highest BCUT2D eigenvalue weighted by Crippen LogP contribution is 2.40. The van der Waals surface area contributed by atoms with Crippen molar-refractivity contribution in [3.63, 3.8) is 0 Å². The summed E-state index contributed by atoms with van der Waals surface area (Å²) in [5.41, 5.74) is 9.90. The minimum absolute atomic E-state index is 0.594. The van der Waals surface area contributed by atoms with Crippen LogP contribution in [0.4, 0.5) is 0 Å². The smallest absolute Gasteiger partial charge is 0.164 e. The highest BCUT2D eigenvalue weighted by Gasteiger charge is 2.21. The number of benzene rings is 7. The average molecular weight is 641 g/mol. The van der Waals surface area contributed by atoms with Gasteiger partial charge in [0.05, 0.1) is 16.7 Å². The topological polar surface area (TPSA) is 56.7 Å². The van der Waals surface area contributed by atoms with Gasteiger partial charge in [0.1, 0.15) is 11.2 Å². The van der Waals surface area contributed by atoms with Crippen molar-refractivity contribution in [2.75, 3.05) is 0 Å². The lowest BCUT2D eigenvalue weighted by Crippen LogP contribution is -2.02. The predicted octanol–water partition coefficient (Wildman–Crippen LogP) is 11.5. The Bertz CT molecular complexity index is 2830. The van der Waals surface area contributed by atoms with Crippen molar-refractivity contribution in [1.29, 1.82) is 0 Å². The highest BCUT2D eigenvalue weighted by molar-refractivity contribution is 6.12. The lowest BCUT2D eigenvalue weighted by Gasteiger charge is -2.17. The van der Waals surface area contributed by atoms with Gasteiger partial charge in [-0.3, -0.25) is 0 Å². The molecule has 0 fully saturated rings. The van der Waals surface area contributed by atoms with Gasteiger partial charge in [-0.2, -0.15) is 0 Å². The van der Waals surface area contributed by atoms with Crippen LogP contribution in [0, 0.1) is 0 Å². The van der Waals surface area contributed by atoms with Crippen LogP contribution in [-0.2, 0) is 0 Å². The molecule has 7 aromatic carbocycles. The molecule has 0 aliphatic rings. The molecule has 234 valence electrons. The largest absolute Gasteiger partial charge is 0.456 e. The van der Waals surface area contributed by atoms with Gasteiger partial charge in [0.2, 0.25) is 0 Å². The van der Waals surface area contributed by atoms with Gasteiger partial charge in [0, 0.05) is 43.8 Å². The number of rotatable bonds is 5. The molecule has 0 radical (unpaired) electrons. The first-order valence-corrected chi connectivity index (χ1v) is 16.7. The predicted molar refractivity (Wildman–Crippen MR) is 203 cm³/mol. The van der Waals surface area contributed by atoms with E-state index in [4.69, 9.17) is 19.4 Å². The number of hydrogen-bond donors (Lipinski definition) is 0. The zero-order chi connectivity index (χ0) is 33.0. The molecule has 0 saturated heterocycles. The van der Waals surface area contributed by atoms with Gasteiger partial charge in [-0.15, -0.1) is 0 Å². The summed E-state index contributed by atoms with van der Waals surface area (Å²) in [4.78, 5) is 15.5. The average Bonchev–Trinajstić information content (AvgIpc) is 3.74. The number of fused-ring (bicyclic) bond motifs is 6. The lowest BCUT2D eigenvalue weighted by atomic mass is 9.97. The highest BCUT2D eigenvalue weighted by atomic mass is 16.3. The minimum atomic E-state index is 0.594. The molecule has 0 spiro atoms. The molecule has 0 N–H and O–H groups in total. The van der Waals surface area contributed by atoms with Gasteiger partial charge in [-0.05, 0) is 35.9 Å². The fourth-order valence-electron chi connectivity index (χ4n) is 7.29. The van der Waals surface area contributed by atoms with Crippen LogP contribution < -0.4 is 0 Å². The fraction of sp³-hybridized carbons (Fsp3) is 0. The van der Waals surface area contributed by atoms with E-state index in [2.05, 4.69) is 114 Å². The number of aromatic nitrogens is 4. The molecule has 3 aromatic heterocycles. The molecule has 0 aliphatic carbocycles. The summed E-state index contributed by atoms with van der Waals surface area (Å²) in [5.74, 6) is 1.81. The second-order valence-electron chi connectivity index (χ2n) is 12.4. The Morgan fingerprint density at radius 2 is 0.880 bits per heavy atom. The first kappa shape index (κ1) is 28.2. The molecule has 10 rings (SSSR count). The summed E-state index contributed by atoms with van der Waals surface area (Å²) in [5, 5.41) is 4.47. The summed E-state index contributed by atoms with van der Waals surface area (Å²) in [7, 11) is 0. The molecular weight excluding hydrogens is 613 g/mol. The number of furan rings is 1. The molecule has 5 heteroatoms. The van der Waals surface area contributed by atoms with Crippen LogP contribution in [-0.4, -0.2) is 19.5 Å². The van der Waals surface area contributed by atoms with E-state index in [1.807, 2.05) is 60.7 Å². The van der Waals surface area contributed by atoms with Crippen molar-refractivity contribution in [3.8, 4) is 51.0 Å². The maximum Gasteiger partial charge on any atom is 0.164 e. The molecule has 0 bridgehead atoms. The first-order valence-electron chi connectivity index (χ1n) is 16.7. The quantitative estimate of drug-likeness (QED) is 0.188. The van der Waals surface area contributed by atoms with Crippen molar-refractivity contribution in [3.05, 3.63) is 170 Å². The number of hydrogen-bond acceptors (Lipinski definition) is 4. The van der Waals surface area contributed by atoms with Crippen LogP contribution in [0.25, 0.3) is 94.7 Å². The summed E-state index contributed by atoms with van der Waals surface area (Å²) in [6, 6.07) is 58.5. The van der Waals surface area contributed by atoms with Gasteiger partial charge in [0.15, 0.2) is 17.5 Å². The van der Waals surface area contributed by atoms with Crippen LogP contribution in [0.3, 0.4) is 0 Å².